The summed E-state index contributed by atoms with van der Waals surface area (Å²) < 4.78 is 24.8. The molecule has 3 aromatic rings. The zero-order valence-corrected chi connectivity index (χ0v) is 18.1. The highest BCUT2D eigenvalue weighted by Gasteiger charge is 2.05. The van der Waals surface area contributed by atoms with Gasteiger partial charge in [-0.05, 0) is 48.0 Å². The number of carbonyl (C=O) groups is 2. The molecule has 0 heterocycles. The monoisotopic (exact) mass is 450 g/mol. The molecule has 0 radical (unpaired) electrons. The van der Waals surface area contributed by atoms with Gasteiger partial charge in [0, 0.05) is 23.3 Å². The van der Waals surface area contributed by atoms with Gasteiger partial charge < -0.3 is 9.47 Å². The van der Waals surface area contributed by atoms with Crippen LogP contribution in [0.25, 0.3) is 0 Å². The Bertz CT molecular complexity index is 1380. The van der Waals surface area contributed by atoms with Crippen molar-refractivity contribution in [3.05, 3.63) is 126 Å². The summed E-state index contributed by atoms with van der Waals surface area (Å²) in [7, 11) is 0. The molecule has 0 aliphatic carbocycles. The van der Waals surface area contributed by atoms with Crippen LogP contribution in [0.1, 0.15) is 27.8 Å². The van der Waals surface area contributed by atoms with E-state index in [9.17, 15) is 14.0 Å². The van der Waals surface area contributed by atoms with Gasteiger partial charge in [-0.15, -0.1) is 0 Å². The van der Waals surface area contributed by atoms with Crippen molar-refractivity contribution in [3.63, 3.8) is 0 Å². The Balaban J connectivity index is 1.76. The maximum absolute atomic E-state index is 14.6. The van der Waals surface area contributed by atoms with Crippen molar-refractivity contribution in [1.82, 2.24) is 0 Å². The van der Waals surface area contributed by atoms with Crippen LogP contribution in [0.5, 0.6) is 5.75 Å². The molecule has 0 saturated carbocycles. The van der Waals surface area contributed by atoms with Gasteiger partial charge in [0.15, 0.2) is 0 Å². The molecule has 0 spiro atoms. The standard InChI is InChI=1S/C29H19FO4/c1-3-28(31)33-20-23-9-7-8-21(18-23)12-15-24-16-13-22(19-26(24)30)14-17-25-10-5-6-11-27(25)34-29(32)4-2/h3-11,13,16,18-19H,1-2,20H2. The average Bonchev–Trinajstić information content (AvgIpc) is 2.86. The Morgan fingerprint density at radius 3 is 2.24 bits per heavy atom. The predicted molar refractivity (Wildman–Crippen MR) is 127 cm³/mol. The third-order valence-corrected chi connectivity index (χ3v) is 4.39. The lowest BCUT2D eigenvalue weighted by Crippen LogP contribution is -2.04. The van der Waals surface area contributed by atoms with E-state index in [0.717, 1.165) is 17.7 Å². The summed E-state index contributed by atoms with van der Waals surface area (Å²) in [6.45, 7) is 6.82. The molecule has 0 amide bonds. The Labute approximate surface area is 197 Å². The van der Waals surface area contributed by atoms with Gasteiger partial charge in [0.1, 0.15) is 18.2 Å². The molecule has 3 rings (SSSR count). The minimum absolute atomic E-state index is 0.0953. The second-order valence-electron chi connectivity index (χ2n) is 6.83. The van der Waals surface area contributed by atoms with Crippen LogP contribution in [0.2, 0.25) is 0 Å². The van der Waals surface area contributed by atoms with Gasteiger partial charge >= 0.3 is 11.9 Å². The van der Waals surface area contributed by atoms with Crippen LogP contribution in [0.15, 0.2) is 92.0 Å². The van der Waals surface area contributed by atoms with Gasteiger partial charge in [-0.3, -0.25) is 0 Å². The Morgan fingerprint density at radius 2 is 1.50 bits per heavy atom. The first-order valence-electron chi connectivity index (χ1n) is 10.1. The predicted octanol–water partition coefficient (Wildman–Crippen LogP) is 4.95. The Morgan fingerprint density at radius 1 is 0.794 bits per heavy atom. The summed E-state index contributed by atoms with van der Waals surface area (Å²) in [6, 6.07) is 18.4. The molecule has 0 aliphatic rings. The molecule has 0 fully saturated rings. The van der Waals surface area contributed by atoms with E-state index >= 15 is 0 Å². The van der Waals surface area contributed by atoms with E-state index < -0.39 is 17.8 Å². The summed E-state index contributed by atoms with van der Waals surface area (Å²) in [4.78, 5) is 22.7. The largest absolute Gasteiger partial charge is 0.458 e. The Hall–Kier alpha value is -4.87. The van der Waals surface area contributed by atoms with Crippen LogP contribution in [0.4, 0.5) is 4.39 Å². The fraction of sp³-hybridized carbons (Fsp3) is 0.0345. The van der Waals surface area contributed by atoms with E-state index in [-0.39, 0.29) is 12.2 Å². The number of benzene rings is 3. The molecule has 0 aliphatic heterocycles. The number of halogens is 1. The number of rotatable bonds is 5. The molecule has 166 valence electrons. The van der Waals surface area contributed by atoms with E-state index in [1.54, 1.807) is 60.7 Å². The van der Waals surface area contributed by atoms with E-state index in [1.807, 2.05) is 0 Å². The van der Waals surface area contributed by atoms with Crippen LogP contribution in [0.3, 0.4) is 0 Å². The summed E-state index contributed by atoms with van der Waals surface area (Å²) in [5.74, 6) is 10.2. The molecule has 0 saturated heterocycles. The lowest BCUT2D eigenvalue weighted by Gasteiger charge is -2.03. The normalized spacial score (nSPS) is 9.44. The summed E-state index contributed by atoms with van der Waals surface area (Å²) in [6.07, 6.45) is 2.16. The van der Waals surface area contributed by atoms with Gasteiger partial charge in [-0.1, -0.05) is 61.1 Å². The fourth-order valence-corrected chi connectivity index (χ4v) is 2.73. The number of para-hydroxylation sites is 1. The van der Waals surface area contributed by atoms with Gasteiger partial charge in [0.05, 0.1) is 11.1 Å². The highest BCUT2D eigenvalue weighted by atomic mass is 19.1. The van der Waals surface area contributed by atoms with Crippen LogP contribution in [0, 0.1) is 29.5 Å². The van der Waals surface area contributed by atoms with Crippen molar-refractivity contribution in [1.29, 1.82) is 0 Å². The number of ether oxygens (including phenoxy) is 2. The topological polar surface area (TPSA) is 52.6 Å². The van der Waals surface area contributed by atoms with Crippen LogP contribution >= 0.6 is 0 Å². The quantitative estimate of drug-likeness (QED) is 0.239. The third-order valence-electron chi connectivity index (χ3n) is 4.39. The molecule has 5 heteroatoms. The van der Waals surface area contributed by atoms with Crippen LogP contribution in [-0.2, 0) is 20.9 Å². The summed E-state index contributed by atoms with van der Waals surface area (Å²) in [5, 5.41) is 0. The van der Waals surface area contributed by atoms with Crippen molar-refractivity contribution in [2.75, 3.05) is 0 Å². The lowest BCUT2D eigenvalue weighted by molar-refractivity contribution is -0.139. The average molecular weight is 450 g/mol. The SMILES string of the molecule is C=CC(=O)OCc1cccc(C#Cc2ccc(C#Cc3ccccc3OC(=O)C=C)cc2F)c1. The van der Waals surface area contributed by atoms with Gasteiger partial charge in [-0.2, -0.15) is 0 Å². The summed E-state index contributed by atoms with van der Waals surface area (Å²) in [5.41, 5.74) is 2.56. The fourth-order valence-electron chi connectivity index (χ4n) is 2.73. The van der Waals surface area contributed by atoms with Crippen molar-refractivity contribution in [2.45, 2.75) is 6.61 Å². The molecule has 4 nitrogen and oxygen atoms in total. The zero-order valence-electron chi connectivity index (χ0n) is 18.1. The molecule has 3 aromatic carbocycles. The van der Waals surface area contributed by atoms with E-state index in [1.165, 1.54) is 6.07 Å². The molecule has 0 aromatic heterocycles. The Kier molecular flexibility index (Phi) is 8.16. The minimum Gasteiger partial charge on any atom is -0.458 e. The van der Waals surface area contributed by atoms with E-state index in [2.05, 4.69) is 36.8 Å². The maximum atomic E-state index is 14.6. The van der Waals surface area contributed by atoms with Crippen LogP contribution < -0.4 is 4.74 Å². The molecule has 0 atom stereocenters. The lowest BCUT2D eigenvalue weighted by atomic mass is 10.1. The van der Waals surface area contributed by atoms with E-state index in [0.29, 0.717) is 22.4 Å². The van der Waals surface area contributed by atoms with Crippen LogP contribution in [-0.4, -0.2) is 11.9 Å². The zero-order chi connectivity index (χ0) is 24.3. The molecule has 0 bridgehead atoms. The molecular weight excluding hydrogens is 431 g/mol. The molecule has 0 N–H and O–H groups in total. The molecule has 0 unspecified atom stereocenters. The summed E-state index contributed by atoms with van der Waals surface area (Å²) >= 11 is 0. The second-order valence-corrected chi connectivity index (χ2v) is 6.83. The van der Waals surface area contributed by atoms with Crippen molar-refractivity contribution >= 4 is 11.9 Å². The second kappa shape index (κ2) is 11.7. The smallest absolute Gasteiger partial charge is 0.335 e. The van der Waals surface area contributed by atoms with Crippen molar-refractivity contribution in [2.24, 2.45) is 0 Å². The number of hydrogen-bond acceptors (Lipinski definition) is 4. The van der Waals surface area contributed by atoms with Gasteiger partial charge in [0.2, 0.25) is 0 Å². The maximum Gasteiger partial charge on any atom is 0.335 e. The van der Waals surface area contributed by atoms with Crippen molar-refractivity contribution in [3.8, 4) is 29.4 Å². The number of carbonyl (C=O) groups excluding carboxylic acids is 2. The first-order chi connectivity index (χ1) is 16.5. The molecule has 34 heavy (non-hydrogen) atoms. The minimum atomic E-state index is -0.591. The third kappa shape index (κ3) is 6.82. The highest BCUT2D eigenvalue weighted by molar-refractivity contribution is 5.83. The molecular formula is C29H19FO4. The number of esters is 2. The number of hydrogen-bond donors (Lipinski definition) is 0. The highest BCUT2D eigenvalue weighted by Crippen LogP contribution is 2.17. The van der Waals surface area contributed by atoms with E-state index in [4.69, 9.17) is 9.47 Å². The van der Waals surface area contributed by atoms with Gasteiger partial charge in [-0.25, -0.2) is 14.0 Å². The first kappa shape index (κ1) is 23.8. The first-order valence-corrected chi connectivity index (χ1v) is 10.1. The van der Waals surface area contributed by atoms with Crippen molar-refractivity contribution < 1.29 is 23.5 Å². The van der Waals surface area contributed by atoms with Gasteiger partial charge in [0.25, 0.3) is 0 Å².